The summed E-state index contributed by atoms with van der Waals surface area (Å²) in [6.45, 7) is 0. The van der Waals surface area contributed by atoms with Crippen molar-refractivity contribution < 1.29 is 12.6 Å². The number of thiol groups is 1. The zero-order chi connectivity index (χ0) is 4.50. The molecule has 36 valence electrons. The molecular weight excluding hydrogens is 151 g/mol. The largest absolute Gasteiger partial charge is 2.00 e. The molecule has 0 saturated carbocycles. The topological polar surface area (TPSA) is 40.5 Å². The van der Waals surface area contributed by atoms with Crippen molar-refractivity contribution >= 4 is 52.8 Å². The molecular formula is H5MgO2PS2. The molecule has 0 aromatic heterocycles. The van der Waals surface area contributed by atoms with Crippen LogP contribution in [-0.2, 0) is 11.8 Å². The molecule has 0 saturated heterocycles. The van der Waals surface area contributed by atoms with E-state index in [0.29, 0.717) is 0 Å². The van der Waals surface area contributed by atoms with Gasteiger partial charge in [-0.3, -0.25) is 0 Å². The van der Waals surface area contributed by atoms with Gasteiger partial charge in [0, 0.05) is 0 Å². The van der Waals surface area contributed by atoms with Crippen LogP contribution in [0, 0.1) is 0 Å². The van der Waals surface area contributed by atoms with Gasteiger partial charge in [-0.1, -0.05) is 12.2 Å². The first-order valence-corrected chi connectivity index (χ1v) is 4.64. The summed E-state index contributed by atoms with van der Waals surface area (Å²) >= 11 is 7.07. The number of hydrogen-bond acceptors (Lipinski definition) is 1. The van der Waals surface area contributed by atoms with Crippen molar-refractivity contribution in [3.8, 4) is 0 Å². The Bertz CT molecular complexity index is 64.2. The van der Waals surface area contributed by atoms with Crippen molar-refractivity contribution in [3.63, 3.8) is 0 Å². The minimum Gasteiger partial charge on any atom is -1.00 e. The van der Waals surface area contributed by atoms with Gasteiger partial charge in [-0.15, -0.1) is 0 Å². The van der Waals surface area contributed by atoms with Crippen LogP contribution in [0.25, 0.3) is 0 Å². The second-order valence-corrected chi connectivity index (χ2v) is 5.55. The SMILES string of the molecule is OP(O)(=S)S.[H-].[H-].[Mg+2]. The molecule has 0 spiro atoms. The molecule has 2 N–H and O–H groups in total. The fourth-order valence-corrected chi connectivity index (χ4v) is 0. The van der Waals surface area contributed by atoms with Gasteiger partial charge in [0.1, 0.15) is 0 Å². The molecule has 0 aromatic rings. The second kappa shape index (κ2) is 3.66. The summed E-state index contributed by atoms with van der Waals surface area (Å²) in [5.74, 6) is 0. The van der Waals surface area contributed by atoms with Crippen molar-refractivity contribution in [1.82, 2.24) is 0 Å². The molecule has 0 unspecified atom stereocenters. The molecule has 2 nitrogen and oxygen atoms in total. The van der Waals surface area contributed by atoms with Crippen LogP contribution in [0.5, 0.6) is 0 Å². The summed E-state index contributed by atoms with van der Waals surface area (Å²) in [6.07, 6.45) is 0. The van der Waals surface area contributed by atoms with Crippen molar-refractivity contribution in [1.29, 1.82) is 0 Å². The van der Waals surface area contributed by atoms with Crippen LogP contribution < -0.4 is 0 Å². The summed E-state index contributed by atoms with van der Waals surface area (Å²) in [6, 6.07) is 0. The molecule has 0 bridgehead atoms. The molecule has 0 aliphatic carbocycles. The molecule has 6 heteroatoms. The second-order valence-electron chi connectivity index (χ2n) is 0.513. The van der Waals surface area contributed by atoms with E-state index in [2.05, 4.69) is 24.1 Å². The van der Waals surface area contributed by atoms with Crippen LogP contribution >= 0.6 is 17.9 Å². The zero-order valence-corrected chi connectivity index (χ0v) is 6.92. The fourth-order valence-electron chi connectivity index (χ4n) is 0. The summed E-state index contributed by atoms with van der Waals surface area (Å²) < 4.78 is 0. The Morgan fingerprint density at radius 3 is 1.67 bits per heavy atom. The molecule has 0 heterocycles. The number of hydrogen-bond donors (Lipinski definition) is 3. The van der Waals surface area contributed by atoms with Gasteiger partial charge in [0.2, 0.25) is 5.69 Å². The molecule has 0 radical (unpaired) electrons. The van der Waals surface area contributed by atoms with Gasteiger partial charge in [-0.05, 0) is 11.8 Å². The van der Waals surface area contributed by atoms with E-state index in [1.165, 1.54) is 0 Å². The van der Waals surface area contributed by atoms with Crippen LogP contribution in [0.15, 0.2) is 0 Å². The molecule has 0 fully saturated rings. The first-order chi connectivity index (χ1) is 2.00. The predicted octanol–water partition coefficient (Wildman–Crippen LogP) is -0.0305. The third kappa shape index (κ3) is 43.9. The van der Waals surface area contributed by atoms with Crippen LogP contribution in [0.3, 0.4) is 0 Å². The predicted molar refractivity (Wildman–Crippen MR) is 35.7 cm³/mol. The van der Waals surface area contributed by atoms with Crippen molar-refractivity contribution in [3.05, 3.63) is 0 Å². The molecule has 0 aromatic carbocycles. The minimum absolute atomic E-state index is 0. The smallest absolute Gasteiger partial charge is 1.00 e. The zero-order valence-electron chi connectivity index (χ0n) is 4.90. The maximum Gasteiger partial charge on any atom is 2.00 e. The van der Waals surface area contributed by atoms with Gasteiger partial charge in [0.25, 0.3) is 0 Å². The van der Waals surface area contributed by atoms with Crippen LogP contribution in [0.2, 0.25) is 0 Å². The van der Waals surface area contributed by atoms with Crippen LogP contribution in [0.1, 0.15) is 2.85 Å². The summed E-state index contributed by atoms with van der Waals surface area (Å²) in [5.41, 5.74) is -3.11. The van der Waals surface area contributed by atoms with Crippen LogP contribution in [0.4, 0.5) is 0 Å². The maximum absolute atomic E-state index is 7.87. The van der Waals surface area contributed by atoms with E-state index in [4.69, 9.17) is 9.79 Å². The fraction of sp³-hybridized carbons (Fsp3) is 0. The van der Waals surface area contributed by atoms with E-state index in [1.54, 1.807) is 0 Å². The van der Waals surface area contributed by atoms with E-state index in [9.17, 15) is 0 Å². The minimum atomic E-state index is -3.11. The van der Waals surface area contributed by atoms with Crippen LogP contribution in [-0.4, -0.2) is 32.8 Å². The van der Waals surface area contributed by atoms with E-state index >= 15 is 0 Å². The van der Waals surface area contributed by atoms with E-state index in [1.807, 2.05) is 0 Å². The van der Waals surface area contributed by atoms with Gasteiger partial charge in [0.05, 0.1) is 0 Å². The third-order valence-electron chi connectivity index (χ3n) is 0. The van der Waals surface area contributed by atoms with Crippen molar-refractivity contribution in [2.75, 3.05) is 0 Å². The Balaban J connectivity index is -0.0000000267. The number of rotatable bonds is 0. The quantitative estimate of drug-likeness (QED) is 0.262. The monoisotopic (exact) mass is 156 g/mol. The van der Waals surface area contributed by atoms with Crippen molar-refractivity contribution in [2.24, 2.45) is 0 Å². The Morgan fingerprint density at radius 2 is 1.67 bits per heavy atom. The summed E-state index contributed by atoms with van der Waals surface area (Å²) in [7, 11) is 0. The first kappa shape index (κ1) is 10.6. The van der Waals surface area contributed by atoms with Crippen molar-refractivity contribution in [2.45, 2.75) is 0 Å². The van der Waals surface area contributed by atoms with Gasteiger partial charge < -0.3 is 12.6 Å². The standard InChI is InChI=1S/Mg.H3O2PS2.2H/c;1-3(2,4)5;;/h;(H3,1,2,4,5);;/q+2;;2*-1. The Kier molecular flexibility index (Phi) is 6.48. The normalized spacial score (nSPS) is 9.83. The first-order valence-electron chi connectivity index (χ1n) is 0.783. The summed E-state index contributed by atoms with van der Waals surface area (Å²) in [4.78, 5) is 15.7. The van der Waals surface area contributed by atoms with E-state index in [0.717, 1.165) is 0 Å². The molecule has 0 rings (SSSR count). The third-order valence-corrected chi connectivity index (χ3v) is 0. The van der Waals surface area contributed by atoms with Gasteiger partial charge in [-0.25, -0.2) is 0 Å². The van der Waals surface area contributed by atoms with Gasteiger partial charge in [-0.2, -0.15) is 0 Å². The van der Waals surface area contributed by atoms with Gasteiger partial charge in [0.15, 0.2) is 0 Å². The Labute approximate surface area is 65.4 Å². The average molecular weight is 156 g/mol. The molecule has 0 aliphatic rings. The molecule has 0 aliphatic heterocycles. The molecule has 0 amide bonds. The maximum atomic E-state index is 7.87. The molecule has 0 atom stereocenters. The van der Waals surface area contributed by atoms with E-state index in [-0.39, 0.29) is 25.9 Å². The van der Waals surface area contributed by atoms with Gasteiger partial charge >= 0.3 is 23.1 Å². The summed E-state index contributed by atoms with van der Waals surface area (Å²) in [5, 5.41) is 0. The van der Waals surface area contributed by atoms with E-state index < -0.39 is 5.69 Å². The Morgan fingerprint density at radius 1 is 1.67 bits per heavy atom. The molecule has 6 heavy (non-hydrogen) atoms. The Hall–Kier alpha value is 1.69. The average Bonchev–Trinajstić information content (AvgIpc) is 0.722.